The Morgan fingerprint density at radius 3 is 2.22 bits per heavy atom. The summed E-state index contributed by atoms with van der Waals surface area (Å²) in [5, 5.41) is 7.73. The Balaban J connectivity index is 1.78. The molecular formula is C24H20F3N5O4. The highest BCUT2D eigenvalue weighted by molar-refractivity contribution is 6.48. The van der Waals surface area contributed by atoms with Crippen molar-refractivity contribution in [2.45, 2.75) is 39.1 Å². The van der Waals surface area contributed by atoms with Crippen LogP contribution in [0.1, 0.15) is 53.1 Å². The molecule has 9 nitrogen and oxygen atoms in total. The first-order chi connectivity index (χ1) is 17.0. The molecule has 0 saturated carbocycles. The van der Waals surface area contributed by atoms with Crippen LogP contribution in [0.3, 0.4) is 0 Å². The van der Waals surface area contributed by atoms with Crippen molar-refractivity contribution in [1.82, 2.24) is 20.2 Å². The molecular weight excluding hydrogens is 479 g/mol. The predicted octanol–water partition coefficient (Wildman–Crippen LogP) is 3.75. The highest BCUT2D eigenvalue weighted by Crippen LogP contribution is 2.40. The number of pyridine rings is 1. The first-order valence-electron chi connectivity index (χ1n) is 10.9. The number of alkyl halides is 3. The number of anilines is 1. The quantitative estimate of drug-likeness (QED) is 0.286. The molecule has 1 aliphatic heterocycles. The fourth-order valence-electron chi connectivity index (χ4n) is 3.92. The zero-order valence-corrected chi connectivity index (χ0v) is 19.4. The van der Waals surface area contributed by atoms with Gasteiger partial charge in [0.25, 0.3) is 5.91 Å². The van der Waals surface area contributed by atoms with Crippen LogP contribution in [0.2, 0.25) is 0 Å². The van der Waals surface area contributed by atoms with Crippen molar-refractivity contribution in [1.29, 1.82) is 0 Å². The number of aromatic nitrogens is 4. The van der Waals surface area contributed by atoms with Gasteiger partial charge >= 0.3 is 6.36 Å². The van der Waals surface area contributed by atoms with Gasteiger partial charge in [0, 0.05) is 17.8 Å². The van der Waals surface area contributed by atoms with Gasteiger partial charge in [-0.3, -0.25) is 19.3 Å². The molecule has 1 aromatic carbocycles. The van der Waals surface area contributed by atoms with E-state index in [1.54, 1.807) is 31.2 Å². The van der Waals surface area contributed by atoms with Crippen LogP contribution < -0.4 is 9.64 Å². The molecule has 1 saturated heterocycles. The number of carbonyl (C=O) groups is 3. The lowest BCUT2D eigenvalue weighted by Crippen LogP contribution is -2.32. The molecule has 3 aromatic rings. The molecule has 0 N–H and O–H groups in total. The van der Waals surface area contributed by atoms with Crippen LogP contribution in [0.15, 0.2) is 48.8 Å². The maximum atomic E-state index is 13.5. The number of halogens is 3. The van der Waals surface area contributed by atoms with Gasteiger partial charge in [-0.2, -0.15) is 0 Å². The van der Waals surface area contributed by atoms with Gasteiger partial charge in [-0.1, -0.05) is 38.1 Å². The number of amides is 1. The summed E-state index contributed by atoms with van der Waals surface area (Å²) >= 11 is 0. The fraction of sp³-hybridized carbons (Fsp3) is 0.292. The van der Waals surface area contributed by atoms with E-state index in [0.717, 1.165) is 22.7 Å². The number of hydrogen-bond donors (Lipinski definition) is 0. The van der Waals surface area contributed by atoms with Crippen LogP contribution >= 0.6 is 0 Å². The SMILES string of the molecule is Cc1ncc(N2C(=O)C(=O)C(C(=O)c3ccc(C(C)C)cc3)C2c2ccc(OC(F)(F)F)nc2)nn1. The Bertz CT molecular complexity index is 1290. The Kier molecular flexibility index (Phi) is 6.53. The summed E-state index contributed by atoms with van der Waals surface area (Å²) in [6.45, 7) is 5.54. The number of rotatable bonds is 6. The Labute approximate surface area is 203 Å². The van der Waals surface area contributed by atoms with Gasteiger partial charge in [0.2, 0.25) is 11.7 Å². The van der Waals surface area contributed by atoms with Crippen molar-refractivity contribution in [3.05, 3.63) is 71.3 Å². The van der Waals surface area contributed by atoms with Crippen LogP contribution in [0.25, 0.3) is 0 Å². The minimum absolute atomic E-state index is 0.0926. The Morgan fingerprint density at radius 1 is 1.00 bits per heavy atom. The van der Waals surface area contributed by atoms with Crippen molar-refractivity contribution in [2.24, 2.45) is 5.92 Å². The maximum absolute atomic E-state index is 13.5. The summed E-state index contributed by atoms with van der Waals surface area (Å²) in [6, 6.07) is 7.55. The van der Waals surface area contributed by atoms with Gasteiger partial charge in [0.15, 0.2) is 11.6 Å². The van der Waals surface area contributed by atoms with Crippen LogP contribution in [-0.4, -0.2) is 44.0 Å². The topological polar surface area (TPSA) is 115 Å². The summed E-state index contributed by atoms with van der Waals surface area (Å²) in [7, 11) is 0. The van der Waals surface area contributed by atoms with Crippen molar-refractivity contribution in [2.75, 3.05) is 4.90 Å². The molecule has 2 atom stereocenters. The molecule has 186 valence electrons. The summed E-state index contributed by atoms with van der Waals surface area (Å²) < 4.78 is 41.5. The van der Waals surface area contributed by atoms with E-state index in [0.29, 0.717) is 5.82 Å². The first kappa shape index (κ1) is 24.9. The number of aryl methyl sites for hydroxylation is 1. The monoisotopic (exact) mass is 499 g/mol. The fourth-order valence-corrected chi connectivity index (χ4v) is 3.92. The Morgan fingerprint density at radius 2 is 1.69 bits per heavy atom. The number of ether oxygens (including phenoxy) is 1. The number of carbonyl (C=O) groups excluding carboxylic acids is 3. The van der Waals surface area contributed by atoms with Crippen molar-refractivity contribution in [3.63, 3.8) is 0 Å². The molecule has 1 amide bonds. The van der Waals surface area contributed by atoms with Gasteiger partial charge in [-0.05, 0) is 30.0 Å². The van der Waals surface area contributed by atoms with E-state index in [4.69, 9.17) is 0 Å². The molecule has 2 aromatic heterocycles. The molecule has 0 bridgehead atoms. The standard InChI is InChI=1S/C24H20F3N5O4/c1-12(2)14-4-6-15(7-5-14)21(33)19-20(16-8-9-18(29-10-16)36-24(25,26)27)32(23(35)22(19)34)17-11-28-13(3)30-31-17/h4-12,19-20H,1-3H3. The molecule has 0 aliphatic carbocycles. The average Bonchev–Trinajstić information content (AvgIpc) is 3.09. The molecule has 2 unspecified atom stereocenters. The van der Waals surface area contributed by atoms with Gasteiger partial charge in [-0.15, -0.1) is 23.4 Å². The molecule has 1 aliphatic rings. The smallest absolute Gasteiger partial charge is 0.388 e. The van der Waals surface area contributed by atoms with Gasteiger partial charge in [-0.25, -0.2) is 9.97 Å². The van der Waals surface area contributed by atoms with E-state index < -0.39 is 41.7 Å². The van der Waals surface area contributed by atoms with E-state index in [9.17, 15) is 27.6 Å². The van der Waals surface area contributed by atoms with E-state index in [-0.39, 0.29) is 22.9 Å². The van der Waals surface area contributed by atoms with E-state index in [2.05, 4.69) is 24.9 Å². The minimum Gasteiger partial charge on any atom is -0.388 e. The Hall–Kier alpha value is -4.22. The van der Waals surface area contributed by atoms with Crippen LogP contribution in [0.4, 0.5) is 19.0 Å². The molecule has 3 heterocycles. The van der Waals surface area contributed by atoms with Crippen LogP contribution in [-0.2, 0) is 9.59 Å². The summed E-state index contributed by atoms with van der Waals surface area (Å²) in [5.41, 5.74) is 1.31. The summed E-state index contributed by atoms with van der Waals surface area (Å²) in [5.74, 6) is -4.45. The lowest BCUT2D eigenvalue weighted by Gasteiger charge is -2.25. The minimum atomic E-state index is -4.95. The zero-order chi connectivity index (χ0) is 26.2. The highest BCUT2D eigenvalue weighted by Gasteiger charge is 2.53. The number of benzene rings is 1. The van der Waals surface area contributed by atoms with Crippen LogP contribution in [0, 0.1) is 12.8 Å². The number of Topliss-reactive ketones (excluding diaryl/α,β-unsaturated/α-hetero) is 2. The van der Waals surface area contributed by atoms with Crippen molar-refractivity contribution < 1.29 is 32.3 Å². The molecule has 36 heavy (non-hydrogen) atoms. The summed E-state index contributed by atoms with van der Waals surface area (Å²) in [4.78, 5) is 48.3. The van der Waals surface area contributed by atoms with Crippen LogP contribution in [0.5, 0.6) is 5.88 Å². The number of hydrogen-bond acceptors (Lipinski definition) is 8. The molecule has 12 heteroatoms. The van der Waals surface area contributed by atoms with E-state index in [1.807, 2.05) is 13.8 Å². The predicted molar refractivity (Wildman–Crippen MR) is 119 cm³/mol. The zero-order valence-electron chi connectivity index (χ0n) is 19.4. The maximum Gasteiger partial charge on any atom is 0.574 e. The first-order valence-corrected chi connectivity index (χ1v) is 10.9. The van der Waals surface area contributed by atoms with E-state index in [1.165, 1.54) is 12.3 Å². The van der Waals surface area contributed by atoms with E-state index >= 15 is 0 Å². The normalized spacial score (nSPS) is 18.1. The van der Waals surface area contributed by atoms with Gasteiger partial charge in [0.1, 0.15) is 11.7 Å². The second kappa shape index (κ2) is 9.44. The van der Waals surface area contributed by atoms with Crippen molar-refractivity contribution in [3.8, 4) is 5.88 Å². The molecule has 1 fully saturated rings. The highest BCUT2D eigenvalue weighted by atomic mass is 19.4. The summed E-state index contributed by atoms with van der Waals surface area (Å²) in [6.07, 6.45) is -2.72. The lowest BCUT2D eigenvalue weighted by atomic mass is 9.86. The van der Waals surface area contributed by atoms with Crippen molar-refractivity contribution >= 4 is 23.3 Å². The third-order valence-corrected chi connectivity index (χ3v) is 5.68. The van der Waals surface area contributed by atoms with Gasteiger partial charge < -0.3 is 4.74 Å². The van der Waals surface area contributed by atoms with Gasteiger partial charge in [0.05, 0.1) is 12.2 Å². The third kappa shape index (κ3) is 4.92. The average molecular weight is 499 g/mol. The largest absolute Gasteiger partial charge is 0.574 e. The third-order valence-electron chi connectivity index (χ3n) is 5.68. The number of nitrogens with zero attached hydrogens (tertiary/aromatic N) is 5. The molecule has 0 radical (unpaired) electrons. The second-order valence-electron chi connectivity index (χ2n) is 8.44. The number of ketones is 2. The molecule has 4 rings (SSSR count). The second-order valence-corrected chi connectivity index (χ2v) is 8.44. The molecule has 0 spiro atoms. The lowest BCUT2D eigenvalue weighted by molar-refractivity contribution is -0.276.